The van der Waals surface area contributed by atoms with Gasteiger partial charge in [-0.1, -0.05) is 41.4 Å². The van der Waals surface area contributed by atoms with Crippen molar-refractivity contribution < 1.29 is 19.1 Å². The molecule has 2 rings (SSSR count). The number of carbonyl (C=O) groups is 2. The van der Waals surface area contributed by atoms with E-state index < -0.39 is 24.6 Å². The minimum atomic E-state index is -0.988. The molecule has 2 aromatic carbocycles. The summed E-state index contributed by atoms with van der Waals surface area (Å²) in [5, 5.41) is 9.62. The van der Waals surface area contributed by atoms with Crippen LogP contribution in [-0.2, 0) is 14.3 Å². The van der Waals surface area contributed by atoms with Crippen LogP contribution < -0.4 is 9.64 Å². The SMILES string of the molecule is CC(Oc1ccc(Cl)cc1Cl)C(=O)OCC(=O)N(CC#N)c1ccccc1. The van der Waals surface area contributed by atoms with Crippen molar-refractivity contribution in [2.75, 3.05) is 18.1 Å². The molecule has 1 amide bonds. The van der Waals surface area contributed by atoms with Crippen molar-refractivity contribution in [3.05, 3.63) is 58.6 Å². The minimum Gasteiger partial charge on any atom is -0.477 e. The zero-order chi connectivity index (χ0) is 19.8. The summed E-state index contributed by atoms with van der Waals surface area (Å²) in [6.07, 6.45) is -0.988. The topological polar surface area (TPSA) is 79.6 Å². The van der Waals surface area contributed by atoms with Gasteiger partial charge in [-0.15, -0.1) is 0 Å². The molecule has 0 radical (unpaired) electrons. The Hall–Kier alpha value is -2.75. The number of halogens is 2. The molecule has 0 heterocycles. The highest BCUT2D eigenvalue weighted by Crippen LogP contribution is 2.28. The van der Waals surface area contributed by atoms with E-state index in [1.807, 2.05) is 6.07 Å². The highest BCUT2D eigenvalue weighted by atomic mass is 35.5. The van der Waals surface area contributed by atoms with Gasteiger partial charge in [0.2, 0.25) is 0 Å². The fourth-order valence-corrected chi connectivity index (χ4v) is 2.59. The Labute approximate surface area is 166 Å². The number of amides is 1. The molecule has 0 aliphatic heterocycles. The summed E-state index contributed by atoms with van der Waals surface area (Å²) in [5.74, 6) is -0.987. The Kier molecular flexibility index (Phi) is 7.47. The molecule has 1 unspecified atom stereocenters. The van der Waals surface area contributed by atoms with Gasteiger partial charge >= 0.3 is 5.97 Å². The summed E-state index contributed by atoms with van der Waals surface area (Å²) in [6, 6.07) is 15.2. The van der Waals surface area contributed by atoms with E-state index in [0.717, 1.165) is 0 Å². The summed E-state index contributed by atoms with van der Waals surface area (Å²) in [6.45, 7) is 0.798. The molecule has 0 saturated carbocycles. The van der Waals surface area contributed by atoms with E-state index in [-0.39, 0.29) is 17.3 Å². The number of ether oxygens (including phenoxy) is 2. The van der Waals surface area contributed by atoms with E-state index in [9.17, 15) is 9.59 Å². The van der Waals surface area contributed by atoms with Crippen LogP contribution in [0.3, 0.4) is 0 Å². The molecule has 140 valence electrons. The number of nitrogens with zero attached hydrogens (tertiary/aromatic N) is 2. The normalized spacial score (nSPS) is 11.2. The zero-order valence-corrected chi connectivity index (χ0v) is 15.9. The van der Waals surface area contributed by atoms with Crippen LogP contribution in [0.15, 0.2) is 48.5 Å². The molecule has 0 aliphatic rings. The van der Waals surface area contributed by atoms with Gasteiger partial charge in [0.05, 0.1) is 11.1 Å². The van der Waals surface area contributed by atoms with Gasteiger partial charge in [0.25, 0.3) is 5.91 Å². The van der Waals surface area contributed by atoms with Gasteiger partial charge in [0.1, 0.15) is 12.3 Å². The molecule has 0 saturated heterocycles. The molecule has 6 nitrogen and oxygen atoms in total. The van der Waals surface area contributed by atoms with Crippen molar-refractivity contribution in [2.45, 2.75) is 13.0 Å². The first kappa shape index (κ1) is 20.6. The molecule has 27 heavy (non-hydrogen) atoms. The van der Waals surface area contributed by atoms with E-state index in [2.05, 4.69) is 0 Å². The summed E-state index contributed by atoms with van der Waals surface area (Å²) in [7, 11) is 0. The van der Waals surface area contributed by atoms with Gasteiger partial charge in [-0.05, 0) is 37.3 Å². The third-order valence-electron chi connectivity index (χ3n) is 3.47. The van der Waals surface area contributed by atoms with Crippen molar-refractivity contribution in [3.8, 4) is 11.8 Å². The zero-order valence-electron chi connectivity index (χ0n) is 14.4. The van der Waals surface area contributed by atoms with Gasteiger partial charge in [-0.3, -0.25) is 9.69 Å². The van der Waals surface area contributed by atoms with Crippen molar-refractivity contribution in [1.29, 1.82) is 5.26 Å². The molecular formula is C19H16Cl2N2O4. The van der Waals surface area contributed by atoms with Crippen LogP contribution in [0.25, 0.3) is 0 Å². The monoisotopic (exact) mass is 406 g/mol. The predicted molar refractivity (Wildman–Crippen MR) is 102 cm³/mol. The number of hydrogen-bond acceptors (Lipinski definition) is 5. The molecular weight excluding hydrogens is 391 g/mol. The molecule has 1 atom stereocenters. The summed E-state index contributed by atoms with van der Waals surface area (Å²) >= 11 is 11.8. The van der Waals surface area contributed by atoms with Crippen LogP contribution in [0.4, 0.5) is 5.69 Å². The van der Waals surface area contributed by atoms with E-state index in [1.54, 1.807) is 36.4 Å². The number of nitriles is 1. The van der Waals surface area contributed by atoms with Crippen molar-refractivity contribution in [3.63, 3.8) is 0 Å². The second kappa shape index (κ2) is 9.81. The van der Waals surface area contributed by atoms with Crippen LogP contribution in [0, 0.1) is 11.3 Å². The first-order chi connectivity index (χ1) is 12.9. The lowest BCUT2D eigenvalue weighted by atomic mass is 10.3. The van der Waals surface area contributed by atoms with Crippen molar-refractivity contribution in [1.82, 2.24) is 0 Å². The Morgan fingerprint density at radius 2 is 1.89 bits per heavy atom. The molecule has 0 N–H and O–H groups in total. The van der Waals surface area contributed by atoms with Crippen LogP contribution in [0.2, 0.25) is 10.0 Å². The van der Waals surface area contributed by atoms with Gasteiger partial charge in [0.15, 0.2) is 12.7 Å². The van der Waals surface area contributed by atoms with Crippen LogP contribution in [0.5, 0.6) is 5.75 Å². The van der Waals surface area contributed by atoms with Gasteiger partial charge in [-0.2, -0.15) is 5.26 Å². The number of esters is 1. The Morgan fingerprint density at radius 1 is 1.19 bits per heavy atom. The van der Waals surface area contributed by atoms with Gasteiger partial charge in [0, 0.05) is 10.7 Å². The average molecular weight is 407 g/mol. The standard InChI is InChI=1S/C19H16Cl2N2O4/c1-13(27-17-8-7-14(20)11-16(17)21)19(25)26-12-18(24)23(10-9-22)15-5-3-2-4-6-15/h2-8,11,13H,10,12H2,1H3. The molecule has 2 aromatic rings. The van der Waals surface area contributed by atoms with Crippen molar-refractivity contribution in [2.24, 2.45) is 0 Å². The summed E-state index contributed by atoms with van der Waals surface area (Å²) < 4.78 is 10.5. The van der Waals surface area contributed by atoms with Gasteiger partial charge < -0.3 is 9.47 Å². The lowest BCUT2D eigenvalue weighted by Crippen LogP contribution is -2.37. The smallest absolute Gasteiger partial charge is 0.347 e. The number of carbonyl (C=O) groups excluding carboxylic acids is 2. The summed E-state index contributed by atoms with van der Waals surface area (Å²) in [5.41, 5.74) is 0.539. The minimum absolute atomic E-state index is 0.160. The molecule has 0 bridgehead atoms. The maximum absolute atomic E-state index is 12.3. The Morgan fingerprint density at radius 3 is 2.52 bits per heavy atom. The number of para-hydroxylation sites is 1. The highest BCUT2D eigenvalue weighted by molar-refractivity contribution is 6.35. The van der Waals surface area contributed by atoms with E-state index in [1.165, 1.54) is 24.0 Å². The second-order valence-corrected chi connectivity index (χ2v) is 6.26. The maximum Gasteiger partial charge on any atom is 0.347 e. The number of anilines is 1. The molecule has 0 fully saturated rings. The quantitative estimate of drug-likeness (QED) is 0.515. The molecule has 0 aromatic heterocycles. The van der Waals surface area contributed by atoms with E-state index in [4.69, 9.17) is 37.9 Å². The third-order valence-corrected chi connectivity index (χ3v) is 4.00. The van der Waals surface area contributed by atoms with Crippen molar-refractivity contribution >= 4 is 40.8 Å². The molecule has 0 aliphatic carbocycles. The average Bonchev–Trinajstić information content (AvgIpc) is 2.66. The van der Waals surface area contributed by atoms with Crippen LogP contribution in [0.1, 0.15) is 6.92 Å². The highest BCUT2D eigenvalue weighted by Gasteiger charge is 2.22. The number of benzene rings is 2. The Bertz CT molecular complexity index is 853. The van der Waals surface area contributed by atoms with Gasteiger partial charge in [-0.25, -0.2) is 4.79 Å². The fourth-order valence-electron chi connectivity index (χ4n) is 2.14. The first-order valence-electron chi connectivity index (χ1n) is 7.93. The van der Waals surface area contributed by atoms with E-state index in [0.29, 0.717) is 10.7 Å². The number of hydrogen-bond donors (Lipinski definition) is 0. The molecule has 0 spiro atoms. The predicted octanol–water partition coefficient (Wildman–Crippen LogP) is 3.86. The maximum atomic E-state index is 12.3. The third kappa shape index (κ3) is 5.88. The number of rotatable bonds is 7. The summed E-state index contributed by atoms with van der Waals surface area (Å²) in [4.78, 5) is 25.7. The molecule has 8 heteroatoms. The van der Waals surface area contributed by atoms with Crippen LogP contribution in [-0.4, -0.2) is 31.1 Å². The lowest BCUT2D eigenvalue weighted by molar-refractivity contribution is -0.154. The fraction of sp³-hybridized carbons (Fsp3) is 0.211. The Balaban J connectivity index is 1.94. The van der Waals surface area contributed by atoms with Crippen LogP contribution >= 0.6 is 23.2 Å². The van der Waals surface area contributed by atoms with E-state index >= 15 is 0 Å². The lowest BCUT2D eigenvalue weighted by Gasteiger charge is -2.20. The second-order valence-electron chi connectivity index (χ2n) is 5.42. The largest absolute Gasteiger partial charge is 0.477 e. The first-order valence-corrected chi connectivity index (χ1v) is 8.68.